The number of aromatic nitrogens is 2. The first kappa shape index (κ1) is 10.8. The van der Waals surface area contributed by atoms with Gasteiger partial charge in [0.1, 0.15) is 5.60 Å². The van der Waals surface area contributed by atoms with Gasteiger partial charge in [-0.05, 0) is 36.8 Å². The second-order valence-corrected chi connectivity index (χ2v) is 4.02. The fourth-order valence-corrected chi connectivity index (χ4v) is 1.67. The smallest absolute Gasteiger partial charge is 0.108 e. The van der Waals surface area contributed by atoms with Crippen LogP contribution in [0.2, 0.25) is 0 Å². The molecule has 82 valence electrons. The quantitative estimate of drug-likeness (QED) is 0.849. The molecule has 3 heteroatoms. The minimum Gasteiger partial charge on any atom is -0.383 e. The Kier molecular flexibility index (Phi) is 2.97. The summed E-state index contributed by atoms with van der Waals surface area (Å²) in [6, 6.07) is 9.35. The Bertz CT molecular complexity index is 440. The zero-order valence-corrected chi connectivity index (χ0v) is 9.17. The van der Waals surface area contributed by atoms with E-state index in [1.54, 1.807) is 25.5 Å². The summed E-state index contributed by atoms with van der Waals surface area (Å²) in [5, 5.41) is 10.4. The predicted octanol–water partition coefficient (Wildman–Crippen LogP) is 1.93. The molecule has 0 spiro atoms. The van der Waals surface area contributed by atoms with Crippen LogP contribution in [-0.4, -0.2) is 15.1 Å². The molecule has 0 aliphatic rings. The number of nitrogens with zero attached hydrogens (tertiary/aromatic N) is 2. The normalized spacial score (nSPS) is 14.4. The minimum absolute atomic E-state index is 0.534. The van der Waals surface area contributed by atoms with Crippen molar-refractivity contribution in [2.75, 3.05) is 0 Å². The molecule has 2 aromatic heterocycles. The van der Waals surface area contributed by atoms with E-state index in [0.717, 1.165) is 5.56 Å². The minimum atomic E-state index is -0.942. The molecule has 2 rings (SSSR count). The number of pyridine rings is 2. The Morgan fingerprint density at radius 1 is 1.12 bits per heavy atom. The first-order valence-corrected chi connectivity index (χ1v) is 5.21. The predicted molar refractivity (Wildman–Crippen MR) is 61.7 cm³/mol. The van der Waals surface area contributed by atoms with Crippen LogP contribution in [0.25, 0.3) is 0 Å². The molecule has 2 heterocycles. The third-order valence-corrected chi connectivity index (χ3v) is 2.51. The summed E-state index contributed by atoms with van der Waals surface area (Å²) in [4.78, 5) is 8.13. The van der Waals surface area contributed by atoms with E-state index >= 15 is 0 Å². The first-order chi connectivity index (χ1) is 7.68. The van der Waals surface area contributed by atoms with Gasteiger partial charge in [0, 0.05) is 25.0 Å². The molecule has 16 heavy (non-hydrogen) atoms. The van der Waals surface area contributed by atoms with E-state index in [1.807, 2.05) is 30.3 Å². The van der Waals surface area contributed by atoms with Crippen molar-refractivity contribution in [2.45, 2.75) is 18.9 Å². The molecule has 0 saturated carbocycles. The monoisotopic (exact) mass is 214 g/mol. The van der Waals surface area contributed by atoms with Crippen molar-refractivity contribution in [1.29, 1.82) is 0 Å². The van der Waals surface area contributed by atoms with Gasteiger partial charge in [0.15, 0.2) is 0 Å². The molecule has 0 radical (unpaired) electrons. The molecule has 0 amide bonds. The van der Waals surface area contributed by atoms with Gasteiger partial charge >= 0.3 is 0 Å². The van der Waals surface area contributed by atoms with E-state index in [1.165, 1.54) is 0 Å². The van der Waals surface area contributed by atoms with Crippen molar-refractivity contribution in [3.8, 4) is 0 Å². The molecule has 1 atom stereocenters. The van der Waals surface area contributed by atoms with E-state index in [4.69, 9.17) is 0 Å². The van der Waals surface area contributed by atoms with Gasteiger partial charge < -0.3 is 5.11 Å². The highest BCUT2D eigenvalue weighted by molar-refractivity contribution is 5.19. The van der Waals surface area contributed by atoms with Crippen LogP contribution in [0.3, 0.4) is 0 Å². The maximum Gasteiger partial charge on any atom is 0.108 e. The van der Waals surface area contributed by atoms with Crippen molar-refractivity contribution in [3.05, 3.63) is 60.2 Å². The molecule has 0 aliphatic heterocycles. The summed E-state index contributed by atoms with van der Waals surface area (Å²) < 4.78 is 0. The van der Waals surface area contributed by atoms with Gasteiger partial charge in [0.25, 0.3) is 0 Å². The van der Waals surface area contributed by atoms with Crippen LogP contribution < -0.4 is 0 Å². The first-order valence-electron chi connectivity index (χ1n) is 5.21. The second kappa shape index (κ2) is 4.41. The van der Waals surface area contributed by atoms with E-state index in [9.17, 15) is 5.11 Å². The molecule has 0 aliphatic carbocycles. The molecule has 3 nitrogen and oxygen atoms in total. The van der Waals surface area contributed by atoms with Crippen LogP contribution in [0.5, 0.6) is 0 Å². The van der Waals surface area contributed by atoms with Crippen LogP contribution in [0.15, 0.2) is 48.9 Å². The highest BCUT2D eigenvalue weighted by atomic mass is 16.3. The summed E-state index contributed by atoms with van der Waals surface area (Å²) >= 11 is 0. The number of rotatable bonds is 3. The molecule has 0 unspecified atom stereocenters. The summed E-state index contributed by atoms with van der Waals surface area (Å²) in [5.74, 6) is 0. The Morgan fingerprint density at radius 3 is 2.50 bits per heavy atom. The van der Waals surface area contributed by atoms with Gasteiger partial charge in [-0.3, -0.25) is 9.97 Å². The van der Waals surface area contributed by atoms with Gasteiger partial charge in [-0.2, -0.15) is 0 Å². The Morgan fingerprint density at radius 2 is 1.88 bits per heavy atom. The lowest BCUT2D eigenvalue weighted by atomic mass is 9.93. The van der Waals surface area contributed by atoms with Crippen LogP contribution in [0.4, 0.5) is 0 Å². The number of aliphatic hydroxyl groups is 1. The molecule has 2 aromatic rings. The average Bonchev–Trinajstić information content (AvgIpc) is 2.31. The summed E-state index contributed by atoms with van der Waals surface area (Å²) in [5.41, 5.74) is 0.792. The zero-order chi connectivity index (χ0) is 11.4. The highest BCUT2D eigenvalue weighted by Crippen LogP contribution is 2.22. The van der Waals surface area contributed by atoms with Crippen LogP contribution in [0, 0.1) is 0 Å². The van der Waals surface area contributed by atoms with Crippen molar-refractivity contribution >= 4 is 0 Å². The lowest BCUT2D eigenvalue weighted by Gasteiger charge is -2.22. The Hall–Kier alpha value is -1.74. The van der Waals surface area contributed by atoms with Crippen molar-refractivity contribution in [2.24, 2.45) is 0 Å². The molecule has 0 bridgehead atoms. The standard InChI is InChI=1S/C13H14N2O/c1-13(16,12-4-2-3-7-15-12)10-11-5-8-14-9-6-11/h2-9,16H,10H2,1H3/t13-/m0/s1. The maximum absolute atomic E-state index is 10.4. The Balaban J connectivity index is 2.21. The van der Waals surface area contributed by atoms with Gasteiger partial charge in [-0.15, -0.1) is 0 Å². The molecular weight excluding hydrogens is 200 g/mol. The SMILES string of the molecule is C[C@](O)(Cc1ccncc1)c1ccccn1. The average molecular weight is 214 g/mol. The third-order valence-electron chi connectivity index (χ3n) is 2.51. The van der Waals surface area contributed by atoms with Crippen LogP contribution >= 0.6 is 0 Å². The highest BCUT2D eigenvalue weighted by Gasteiger charge is 2.24. The van der Waals surface area contributed by atoms with E-state index in [2.05, 4.69) is 9.97 Å². The van der Waals surface area contributed by atoms with Gasteiger partial charge in [-0.25, -0.2) is 0 Å². The van der Waals surface area contributed by atoms with Crippen LogP contribution in [-0.2, 0) is 12.0 Å². The summed E-state index contributed by atoms with van der Waals surface area (Å²) in [6.07, 6.45) is 5.68. The van der Waals surface area contributed by atoms with E-state index < -0.39 is 5.60 Å². The molecule has 0 fully saturated rings. The van der Waals surface area contributed by atoms with E-state index in [-0.39, 0.29) is 0 Å². The van der Waals surface area contributed by atoms with Gasteiger partial charge in [-0.1, -0.05) is 6.07 Å². The van der Waals surface area contributed by atoms with Crippen molar-refractivity contribution in [1.82, 2.24) is 9.97 Å². The number of hydrogen-bond donors (Lipinski definition) is 1. The largest absolute Gasteiger partial charge is 0.383 e. The zero-order valence-electron chi connectivity index (χ0n) is 9.17. The molecular formula is C13H14N2O. The number of hydrogen-bond acceptors (Lipinski definition) is 3. The fourth-order valence-electron chi connectivity index (χ4n) is 1.67. The fraction of sp³-hybridized carbons (Fsp3) is 0.231. The topological polar surface area (TPSA) is 46.0 Å². The van der Waals surface area contributed by atoms with Crippen molar-refractivity contribution in [3.63, 3.8) is 0 Å². The lowest BCUT2D eigenvalue weighted by Crippen LogP contribution is -2.25. The van der Waals surface area contributed by atoms with Crippen molar-refractivity contribution < 1.29 is 5.11 Å². The maximum atomic E-state index is 10.4. The van der Waals surface area contributed by atoms with E-state index in [0.29, 0.717) is 12.1 Å². The van der Waals surface area contributed by atoms with Crippen LogP contribution in [0.1, 0.15) is 18.2 Å². The molecule has 0 aromatic carbocycles. The second-order valence-electron chi connectivity index (χ2n) is 4.02. The molecule has 1 N–H and O–H groups in total. The summed E-state index contributed by atoms with van der Waals surface area (Å²) in [6.45, 7) is 1.77. The van der Waals surface area contributed by atoms with Gasteiger partial charge in [0.05, 0.1) is 5.69 Å². The lowest BCUT2D eigenvalue weighted by molar-refractivity contribution is 0.0530. The molecule has 0 saturated heterocycles. The third kappa shape index (κ3) is 2.44. The van der Waals surface area contributed by atoms with Gasteiger partial charge in [0.2, 0.25) is 0 Å². The summed E-state index contributed by atoms with van der Waals surface area (Å²) in [7, 11) is 0. The Labute approximate surface area is 94.8 Å².